The van der Waals surface area contributed by atoms with Crippen molar-refractivity contribution in [2.45, 2.75) is 6.18 Å². The zero-order chi connectivity index (χ0) is 23.6. The van der Waals surface area contributed by atoms with E-state index in [1.165, 1.54) is 12.1 Å². The van der Waals surface area contributed by atoms with Crippen LogP contribution in [-0.4, -0.2) is 14.9 Å². The number of halogens is 3. The number of nitriles is 1. The first-order valence-electron chi connectivity index (χ1n) is 9.45. The van der Waals surface area contributed by atoms with Gasteiger partial charge in [-0.05, 0) is 48.0 Å². The van der Waals surface area contributed by atoms with E-state index in [4.69, 9.17) is 4.74 Å². The first kappa shape index (κ1) is 21.6. The zero-order valence-corrected chi connectivity index (χ0v) is 16.6. The van der Waals surface area contributed by atoms with Crippen LogP contribution in [0.5, 0.6) is 11.5 Å². The fraction of sp³-hybridized carbons (Fsp3) is 0.0435. The van der Waals surface area contributed by atoms with E-state index in [0.717, 1.165) is 11.6 Å². The Bertz CT molecular complexity index is 1400. The molecule has 0 fully saturated rings. The molecule has 0 unspecified atom stereocenters. The van der Waals surface area contributed by atoms with E-state index in [-0.39, 0.29) is 17.1 Å². The molecule has 0 saturated heterocycles. The van der Waals surface area contributed by atoms with Gasteiger partial charge in [0.2, 0.25) is 5.75 Å². The lowest BCUT2D eigenvalue weighted by atomic mass is 10.1. The minimum absolute atomic E-state index is 0.147. The number of aromatic nitrogens is 2. The van der Waals surface area contributed by atoms with E-state index in [1.807, 2.05) is 18.2 Å². The fourth-order valence-electron chi connectivity index (χ4n) is 3.12. The van der Waals surface area contributed by atoms with E-state index in [1.54, 1.807) is 24.3 Å². The molecule has 33 heavy (non-hydrogen) atoms. The molecule has 164 valence electrons. The van der Waals surface area contributed by atoms with Crippen LogP contribution in [0.4, 0.5) is 18.9 Å². The number of nitro benzene ring substituents is 1. The standard InChI is InChI=1S/C23H13F3N4O3/c24-23(25,26)16-8-9-21(20(12-16)30(31)32)33-17-5-3-4-14(11-17)10-15(13-27)22-28-18-6-1-2-7-19(18)29-22/h1-12H,(H,28,29)/b15-10+. The highest BCUT2D eigenvalue weighted by atomic mass is 19.4. The molecule has 3 aromatic carbocycles. The molecule has 0 aliphatic rings. The van der Waals surface area contributed by atoms with Gasteiger partial charge < -0.3 is 9.72 Å². The first-order valence-corrected chi connectivity index (χ1v) is 9.45. The predicted molar refractivity (Wildman–Crippen MR) is 114 cm³/mol. The Morgan fingerprint density at radius 3 is 2.61 bits per heavy atom. The minimum atomic E-state index is -4.72. The Morgan fingerprint density at radius 1 is 1.12 bits per heavy atom. The van der Waals surface area contributed by atoms with Gasteiger partial charge in [0.1, 0.15) is 17.6 Å². The molecular formula is C23H13F3N4O3. The topological polar surface area (TPSA) is 105 Å². The van der Waals surface area contributed by atoms with Gasteiger partial charge in [0.15, 0.2) is 0 Å². The van der Waals surface area contributed by atoms with Crippen LogP contribution in [0.3, 0.4) is 0 Å². The largest absolute Gasteiger partial charge is 0.450 e. The third-order valence-electron chi connectivity index (χ3n) is 4.64. The minimum Gasteiger partial charge on any atom is -0.450 e. The number of fused-ring (bicyclic) bond motifs is 1. The summed E-state index contributed by atoms with van der Waals surface area (Å²) >= 11 is 0. The predicted octanol–water partition coefficient (Wildman–Crippen LogP) is 6.35. The van der Waals surface area contributed by atoms with Crippen LogP contribution in [0.25, 0.3) is 22.7 Å². The summed E-state index contributed by atoms with van der Waals surface area (Å²) in [5.41, 5.74) is 0.261. The highest BCUT2D eigenvalue weighted by Crippen LogP contribution is 2.38. The summed E-state index contributed by atoms with van der Waals surface area (Å²) in [5, 5.41) is 20.9. The van der Waals surface area contributed by atoms with Gasteiger partial charge in [0.25, 0.3) is 0 Å². The Hall–Kier alpha value is -4.65. The van der Waals surface area contributed by atoms with Gasteiger partial charge >= 0.3 is 11.9 Å². The maximum atomic E-state index is 12.9. The third kappa shape index (κ3) is 4.67. The van der Waals surface area contributed by atoms with Crippen molar-refractivity contribution in [3.05, 3.63) is 93.8 Å². The van der Waals surface area contributed by atoms with Gasteiger partial charge in [-0.15, -0.1) is 0 Å². The maximum absolute atomic E-state index is 12.9. The van der Waals surface area contributed by atoms with Crippen LogP contribution in [0.2, 0.25) is 0 Å². The molecule has 7 nitrogen and oxygen atoms in total. The van der Waals surface area contributed by atoms with Crippen molar-refractivity contribution in [2.24, 2.45) is 0 Å². The molecule has 4 aromatic rings. The number of imidazole rings is 1. The number of benzene rings is 3. The second-order valence-corrected chi connectivity index (χ2v) is 6.88. The van der Waals surface area contributed by atoms with Crippen LogP contribution in [0.15, 0.2) is 66.7 Å². The van der Waals surface area contributed by atoms with Crippen LogP contribution in [0.1, 0.15) is 17.0 Å². The summed E-state index contributed by atoms with van der Waals surface area (Å²) in [6.45, 7) is 0. The molecular weight excluding hydrogens is 437 g/mol. The van der Waals surface area contributed by atoms with Crippen LogP contribution < -0.4 is 4.74 Å². The van der Waals surface area contributed by atoms with Crippen LogP contribution >= 0.6 is 0 Å². The molecule has 0 amide bonds. The molecule has 0 aliphatic carbocycles. The third-order valence-corrected chi connectivity index (χ3v) is 4.64. The van der Waals surface area contributed by atoms with Crippen molar-refractivity contribution >= 4 is 28.4 Å². The smallest absolute Gasteiger partial charge is 0.416 e. The Labute approximate surface area is 184 Å². The normalized spacial score (nSPS) is 11.9. The summed E-state index contributed by atoms with van der Waals surface area (Å²) < 4.78 is 44.2. The molecule has 0 saturated carbocycles. The summed E-state index contributed by atoms with van der Waals surface area (Å²) in [6, 6.07) is 17.6. The van der Waals surface area contributed by atoms with Crippen molar-refractivity contribution < 1.29 is 22.8 Å². The van der Waals surface area contributed by atoms with E-state index < -0.39 is 22.4 Å². The summed E-state index contributed by atoms with van der Waals surface area (Å²) in [6.07, 6.45) is -3.18. The monoisotopic (exact) mass is 450 g/mol. The average molecular weight is 450 g/mol. The lowest BCUT2D eigenvalue weighted by molar-refractivity contribution is -0.385. The van der Waals surface area contributed by atoms with Crippen LogP contribution in [0, 0.1) is 21.4 Å². The quantitative estimate of drug-likeness (QED) is 0.217. The molecule has 0 bridgehead atoms. The number of aromatic amines is 1. The second-order valence-electron chi connectivity index (χ2n) is 6.88. The molecule has 4 rings (SSSR count). The lowest BCUT2D eigenvalue weighted by Crippen LogP contribution is -2.06. The molecule has 0 spiro atoms. The van der Waals surface area contributed by atoms with Gasteiger partial charge in [-0.25, -0.2) is 4.98 Å². The number of allylic oxidation sites excluding steroid dienone is 1. The number of nitro groups is 1. The number of nitrogens with one attached hydrogen (secondary N) is 1. The molecule has 0 aliphatic heterocycles. The van der Waals surface area contributed by atoms with E-state index in [2.05, 4.69) is 16.0 Å². The molecule has 1 aromatic heterocycles. The SMILES string of the molecule is N#C/C(=C\c1cccc(Oc2ccc(C(F)(F)F)cc2[N+](=O)[O-])c1)c1nc2ccccc2[nH]1. The summed E-state index contributed by atoms with van der Waals surface area (Å²) in [4.78, 5) is 17.8. The number of ether oxygens (including phenoxy) is 1. The number of hydrogen-bond donors (Lipinski definition) is 1. The van der Waals surface area contributed by atoms with Gasteiger partial charge in [0.05, 0.1) is 27.1 Å². The maximum Gasteiger partial charge on any atom is 0.416 e. The van der Waals surface area contributed by atoms with Crippen molar-refractivity contribution in [3.8, 4) is 17.6 Å². The number of rotatable bonds is 5. The van der Waals surface area contributed by atoms with Crippen molar-refractivity contribution in [3.63, 3.8) is 0 Å². The van der Waals surface area contributed by atoms with Crippen molar-refractivity contribution in [1.82, 2.24) is 9.97 Å². The number of hydrogen-bond acceptors (Lipinski definition) is 5. The molecule has 1 heterocycles. The van der Waals surface area contributed by atoms with Crippen molar-refractivity contribution in [2.75, 3.05) is 0 Å². The molecule has 0 atom stereocenters. The average Bonchev–Trinajstić information content (AvgIpc) is 3.21. The fourth-order valence-corrected chi connectivity index (χ4v) is 3.12. The summed E-state index contributed by atoms with van der Waals surface area (Å²) in [5.74, 6) is 0.170. The van der Waals surface area contributed by atoms with E-state index in [9.17, 15) is 28.5 Å². The molecule has 1 N–H and O–H groups in total. The molecule has 10 heteroatoms. The second kappa shape index (κ2) is 8.47. The Balaban J connectivity index is 1.66. The van der Waals surface area contributed by atoms with E-state index in [0.29, 0.717) is 29.0 Å². The number of H-pyrrole nitrogens is 1. The van der Waals surface area contributed by atoms with Gasteiger partial charge in [-0.2, -0.15) is 18.4 Å². The van der Waals surface area contributed by atoms with Gasteiger partial charge in [-0.1, -0.05) is 24.3 Å². The van der Waals surface area contributed by atoms with Gasteiger partial charge in [0, 0.05) is 6.07 Å². The molecule has 0 radical (unpaired) electrons. The number of para-hydroxylation sites is 2. The first-order chi connectivity index (χ1) is 15.7. The highest BCUT2D eigenvalue weighted by Gasteiger charge is 2.33. The number of nitrogens with zero attached hydrogens (tertiary/aromatic N) is 3. The Morgan fingerprint density at radius 2 is 1.91 bits per heavy atom. The number of alkyl halides is 3. The van der Waals surface area contributed by atoms with Gasteiger partial charge in [-0.3, -0.25) is 10.1 Å². The van der Waals surface area contributed by atoms with E-state index >= 15 is 0 Å². The van der Waals surface area contributed by atoms with Crippen molar-refractivity contribution in [1.29, 1.82) is 5.26 Å². The highest BCUT2D eigenvalue weighted by molar-refractivity contribution is 5.90. The Kier molecular flexibility index (Phi) is 5.54. The zero-order valence-electron chi connectivity index (χ0n) is 16.6. The summed E-state index contributed by atoms with van der Waals surface area (Å²) in [7, 11) is 0. The van der Waals surface area contributed by atoms with Crippen LogP contribution in [-0.2, 0) is 6.18 Å². The lowest BCUT2D eigenvalue weighted by Gasteiger charge is -2.10.